The van der Waals surface area contributed by atoms with Crippen molar-refractivity contribution in [3.8, 4) is 5.75 Å². The molecule has 2 rings (SSSR count). The monoisotopic (exact) mass is 285 g/mol. The number of hydrogen-bond acceptors (Lipinski definition) is 3. The highest BCUT2D eigenvalue weighted by molar-refractivity contribution is 5.42. The van der Waals surface area contributed by atoms with E-state index >= 15 is 0 Å². The Morgan fingerprint density at radius 2 is 1.71 bits per heavy atom. The second kappa shape index (κ2) is 8.32. The molecular weight excluding hydrogens is 262 g/mol. The molecule has 112 valence electrons. The molecule has 3 heteroatoms. The highest BCUT2D eigenvalue weighted by Gasteiger charge is 2.04. The summed E-state index contributed by atoms with van der Waals surface area (Å²) in [7, 11) is 1.72. The Hall–Kier alpha value is -2.00. The lowest BCUT2D eigenvalue weighted by Gasteiger charge is -2.16. The van der Waals surface area contributed by atoms with Gasteiger partial charge in [-0.05, 0) is 43.2 Å². The summed E-state index contributed by atoms with van der Waals surface area (Å²) in [6, 6.07) is 18.4. The van der Waals surface area contributed by atoms with E-state index in [1.165, 1.54) is 5.56 Å². The first-order valence-corrected chi connectivity index (χ1v) is 7.31. The Bertz CT molecular complexity index is 511. The van der Waals surface area contributed by atoms with E-state index in [1.807, 2.05) is 30.3 Å². The van der Waals surface area contributed by atoms with Gasteiger partial charge < -0.3 is 14.8 Å². The van der Waals surface area contributed by atoms with Crippen LogP contribution in [-0.2, 0) is 11.2 Å². The highest BCUT2D eigenvalue weighted by atomic mass is 16.5. The van der Waals surface area contributed by atoms with Crippen molar-refractivity contribution in [3.63, 3.8) is 0 Å². The van der Waals surface area contributed by atoms with Crippen LogP contribution in [0.15, 0.2) is 54.6 Å². The fraction of sp³-hybridized carbons (Fsp3) is 0.333. The summed E-state index contributed by atoms with van der Waals surface area (Å²) in [6.07, 6.45) is 1.04. The molecule has 0 aromatic heterocycles. The maximum atomic E-state index is 5.90. The summed E-state index contributed by atoms with van der Waals surface area (Å²) < 4.78 is 11.0. The van der Waals surface area contributed by atoms with Crippen LogP contribution in [0.4, 0.5) is 5.69 Å². The molecule has 0 saturated carbocycles. The van der Waals surface area contributed by atoms with Gasteiger partial charge in [0.25, 0.3) is 0 Å². The van der Waals surface area contributed by atoms with Gasteiger partial charge in [-0.15, -0.1) is 0 Å². The van der Waals surface area contributed by atoms with Crippen molar-refractivity contribution in [3.05, 3.63) is 60.2 Å². The third kappa shape index (κ3) is 5.48. The molecule has 0 fully saturated rings. The van der Waals surface area contributed by atoms with E-state index in [-0.39, 0.29) is 6.10 Å². The Morgan fingerprint density at radius 1 is 1.00 bits per heavy atom. The van der Waals surface area contributed by atoms with Crippen LogP contribution in [0.1, 0.15) is 12.5 Å². The minimum atomic E-state index is 0.107. The van der Waals surface area contributed by atoms with Gasteiger partial charge in [-0.25, -0.2) is 0 Å². The van der Waals surface area contributed by atoms with Crippen molar-refractivity contribution in [1.82, 2.24) is 0 Å². The second-order valence-electron chi connectivity index (χ2n) is 5.06. The lowest BCUT2D eigenvalue weighted by Crippen LogP contribution is -2.22. The van der Waals surface area contributed by atoms with Gasteiger partial charge in [0.2, 0.25) is 0 Å². The van der Waals surface area contributed by atoms with Gasteiger partial charge in [-0.2, -0.15) is 0 Å². The predicted molar refractivity (Wildman–Crippen MR) is 87.0 cm³/mol. The third-order valence-electron chi connectivity index (χ3n) is 3.22. The number of hydrogen-bond donors (Lipinski definition) is 1. The lowest BCUT2D eigenvalue weighted by atomic mass is 10.1. The maximum absolute atomic E-state index is 5.90. The smallest absolute Gasteiger partial charge is 0.119 e. The first-order valence-electron chi connectivity index (χ1n) is 7.31. The van der Waals surface area contributed by atoms with Crippen LogP contribution in [0.25, 0.3) is 0 Å². The number of benzene rings is 2. The third-order valence-corrected chi connectivity index (χ3v) is 3.22. The average Bonchev–Trinajstić information content (AvgIpc) is 2.53. The van der Waals surface area contributed by atoms with Gasteiger partial charge >= 0.3 is 0 Å². The Morgan fingerprint density at radius 3 is 2.38 bits per heavy atom. The molecule has 0 spiro atoms. The molecule has 0 aliphatic rings. The Kier molecular flexibility index (Phi) is 6.10. The van der Waals surface area contributed by atoms with Crippen LogP contribution >= 0.6 is 0 Å². The molecule has 0 heterocycles. The molecule has 1 atom stereocenters. The number of rotatable bonds is 8. The Labute approximate surface area is 126 Å². The number of methoxy groups -OCH3 is 1. The summed E-state index contributed by atoms with van der Waals surface area (Å²) in [5, 5.41) is 3.36. The molecule has 0 aliphatic carbocycles. The SMILES string of the molecule is COCCc1ccc(OC(C)CNc2ccccc2)cc1. The van der Waals surface area contributed by atoms with Gasteiger partial charge in [0.05, 0.1) is 13.2 Å². The molecule has 0 saturated heterocycles. The van der Waals surface area contributed by atoms with Crippen LogP contribution < -0.4 is 10.1 Å². The lowest BCUT2D eigenvalue weighted by molar-refractivity contribution is 0.202. The van der Waals surface area contributed by atoms with E-state index in [9.17, 15) is 0 Å². The topological polar surface area (TPSA) is 30.5 Å². The van der Waals surface area contributed by atoms with Crippen molar-refractivity contribution >= 4 is 5.69 Å². The van der Waals surface area contributed by atoms with Gasteiger partial charge in [0.15, 0.2) is 0 Å². The average molecular weight is 285 g/mol. The van der Waals surface area contributed by atoms with Gasteiger partial charge in [-0.3, -0.25) is 0 Å². The zero-order valence-corrected chi connectivity index (χ0v) is 12.7. The van der Waals surface area contributed by atoms with Crippen molar-refractivity contribution in [2.24, 2.45) is 0 Å². The molecule has 0 bridgehead atoms. The second-order valence-corrected chi connectivity index (χ2v) is 5.06. The molecule has 0 aliphatic heterocycles. The van der Waals surface area contributed by atoms with Crippen molar-refractivity contribution in [2.75, 3.05) is 25.6 Å². The molecule has 0 radical (unpaired) electrons. The zero-order valence-electron chi connectivity index (χ0n) is 12.7. The van der Waals surface area contributed by atoms with E-state index in [2.05, 4.69) is 36.5 Å². The summed E-state index contributed by atoms with van der Waals surface area (Å²) in [5.74, 6) is 0.901. The number of para-hydroxylation sites is 1. The van der Waals surface area contributed by atoms with Gasteiger partial charge in [0, 0.05) is 12.8 Å². The molecule has 2 aromatic rings. The largest absolute Gasteiger partial charge is 0.489 e. The van der Waals surface area contributed by atoms with Crippen molar-refractivity contribution in [2.45, 2.75) is 19.4 Å². The van der Waals surface area contributed by atoms with Crippen LogP contribution in [0.5, 0.6) is 5.75 Å². The normalized spacial score (nSPS) is 11.9. The van der Waals surface area contributed by atoms with E-state index in [0.29, 0.717) is 0 Å². The summed E-state index contributed by atoms with van der Waals surface area (Å²) >= 11 is 0. The van der Waals surface area contributed by atoms with E-state index in [1.54, 1.807) is 7.11 Å². The quantitative estimate of drug-likeness (QED) is 0.801. The van der Waals surface area contributed by atoms with E-state index in [4.69, 9.17) is 9.47 Å². The molecular formula is C18H23NO2. The fourth-order valence-electron chi connectivity index (χ4n) is 2.05. The van der Waals surface area contributed by atoms with Crippen LogP contribution in [0, 0.1) is 0 Å². The molecule has 2 aromatic carbocycles. The van der Waals surface area contributed by atoms with Crippen LogP contribution in [-0.4, -0.2) is 26.4 Å². The summed E-state index contributed by atoms with van der Waals surface area (Å²) in [4.78, 5) is 0. The van der Waals surface area contributed by atoms with Crippen molar-refractivity contribution < 1.29 is 9.47 Å². The highest BCUT2D eigenvalue weighted by Crippen LogP contribution is 2.15. The van der Waals surface area contributed by atoms with E-state index in [0.717, 1.165) is 31.0 Å². The molecule has 0 amide bonds. The molecule has 1 unspecified atom stereocenters. The molecule has 3 nitrogen and oxygen atoms in total. The standard InChI is InChI=1S/C18H23NO2/c1-15(14-19-17-6-4-3-5-7-17)21-18-10-8-16(9-11-18)12-13-20-2/h3-11,15,19H,12-14H2,1-2H3. The molecule has 21 heavy (non-hydrogen) atoms. The van der Waals surface area contributed by atoms with Crippen LogP contribution in [0.3, 0.4) is 0 Å². The van der Waals surface area contributed by atoms with Gasteiger partial charge in [0.1, 0.15) is 11.9 Å². The van der Waals surface area contributed by atoms with E-state index < -0.39 is 0 Å². The fourth-order valence-corrected chi connectivity index (χ4v) is 2.05. The number of nitrogens with one attached hydrogen (secondary N) is 1. The minimum Gasteiger partial charge on any atom is -0.489 e. The zero-order chi connectivity index (χ0) is 14.9. The minimum absolute atomic E-state index is 0.107. The van der Waals surface area contributed by atoms with Crippen molar-refractivity contribution in [1.29, 1.82) is 0 Å². The maximum Gasteiger partial charge on any atom is 0.119 e. The number of anilines is 1. The first kappa shape index (κ1) is 15.4. The Balaban J connectivity index is 1.78. The van der Waals surface area contributed by atoms with Crippen LogP contribution in [0.2, 0.25) is 0 Å². The van der Waals surface area contributed by atoms with Gasteiger partial charge in [-0.1, -0.05) is 30.3 Å². The first-order chi connectivity index (χ1) is 10.3. The molecule has 1 N–H and O–H groups in total. The predicted octanol–water partition coefficient (Wildman–Crippen LogP) is 3.75. The summed E-state index contributed by atoms with van der Waals surface area (Å²) in [5.41, 5.74) is 2.38. The number of ether oxygens (including phenoxy) is 2. The summed E-state index contributed by atoms with van der Waals surface area (Å²) in [6.45, 7) is 3.59.